The molecule has 1 aromatic heterocycles. The molecule has 1 N–H and O–H groups in total. The van der Waals surface area contributed by atoms with Gasteiger partial charge in [-0.25, -0.2) is 4.79 Å². The third-order valence-electron chi connectivity index (χ3n) is 5.64. The number of likely N-dealkylation sites (tertiary alicyclic amines) is 1. The minimum Gasteiger partial charge on any atom is -0.354 e. The number of urea groups is 1. The van der Waals surface area contributed by atoms with E-state index in [0.29, 0.717) is 19.1 Å². The first kappa shape index (κ1) is 18.3. The van der Waals surface area contributed by atoms with Crippen LogP contribution in [-0.2, 0) is 22.9 Å². The van der Waals surface area contributed by atoms with Crippen LogP contribution in [0.4, 0.5) is 4.79 Å². The fraction of sp³-hybridized carbons (Fsp3) is 0.737. The molecule has 0 saturated carbocycles. The van der Waals surface area contributed by atoms with Gasteiger partial charge in [-0.05, 0) is 51.7 Å². The van der Waals surface area contributed by atoms with E-state index in [-0.39, 0.29) is 12.1 Å². The zero-order chi connectivity index (χ0) is 17.9. The van der Waals surface area contributed by atoms with Gasteiger partial charge in [0.1, 0.15) is 0 Å². The van der Waals surface area contributed by atoms with Crippen molar-refractivity contribution in [3.05, 3.63) is 24.0 Å². The molecule has 2 saturated heterocycles. The molecular weight excluding hydrogens is 318 g/mol. The topological polar surface area (TPSA) is 55.7 Å². The Bertz CT molecular complexity index is 572. The lowest BCUT2D eigenvalue weighted by molar-refractivity contribution is -0.189. The Morgan fingerprint density at radius 3 is 2.64 bits per heavy atom. The molecule has 1 aromatic rings. The summed E-state index contributed by atoms with van der Waals surface area (Å²) in [6.07, 6.45) is 5.84. The molecule has 3 rings (SSSR count). The van der Waals surface area contributed by atoms with Crippen molar-refractivity contribution in [1.29, 1.82) is 0 Å². The van der Waals surface area contributed by atoms with Crippen LogP contribution in [0, 0.1) is 5.92 Å². The normalized spacial score (nSPS) is 22.1. The SMILES string of the molecule is CC(CCc1cccn1C)NC(=O)N1CCC(C2(C)OCCO2)CC1. The van der Waals surface area contributed by atoms with Crippen molar-refractivity contribution < 1.29 is 14.3 Å². The molecule has 140 valence electrons. The largest absolute Gasteiger partial charge is 0.354 e. The van der Waals surface area contributed by atoms with Crippen molar-refractivity contribution in [2.75, 3.05) is 26.3 Å². The number of piperidine rings is 1. The number of carbonyl (C=O) groups is 1. The Hall–Kier alpha value is -1.53. The predicted octanol–water partition coefficient (Wildman–Crippen LogP) is 2.53. The van der Waals surface area contributed by atoms with Crippen LogP contribution in [0.3, 0.4) is 0 Å². The maximum atomic E-state index is 12.5. The highest BCUT2D eigenvalue weighted by atomic mass is 16.7. The molecule has 6 nitrogen and oxygen atoms in total. The Kier molecular flexibility index (Phi) is 5.69. The summed E-state index contributed by atoms with van der Waals surface area (Å²) >= 11 is 0. The molecule has 2 aliphatic rings. The Morgan fingerprint density at radius 2 is 2.04 bits per heavy atom. The second kappa shape index (κ2) is 7.79. The van der Waals surface area contributed by atoms with E-state index in [4.69, 9.17) is 9.47 Å². The van der Waals surface area contributed by atoms with E-state index in [2.05, 4.69) is 42.2 Å². The van der Waals surface area contributed by atoms with Gasteiger partial charge in [-0.15, -0.1) is 0 Å². The lowest BCUT2D eigenvalue weighted by atomic mass is 9.89. The number of hydrogen-bond donors (Lipinski definition) is 1. The number of rotatable bonds is 5. The molecular formula is C19H31N3O3. The highest BCUT2D eigenvalue weighted by molar-refractivity contribution is 5.74. The minimum absolute atomic E-state index is 0.0521. The lowest BCUT2D eigenvalue weighted by Gasteiger charge is -2.39. The average Bonchev–Trinajstić information content (AvgIpc) is 3.22. The molecule has 0 aromatic carbocycles. The van der Waals surface area contributed by atoms with Crippen LogP contribution >= 0.6 is 0 Å². The second-order valence-electron chi connectivity index (χ2n) is 7.47. The predicted molar refractivity (Wildman–Crippen MR) is 96.3 cm³/mol. The number of aromatic nitrogens is 1. The molecule has 1 atom stereocenters. The summed E-state index contributed by atoms with van der Waals surface area (Å²) in [4.78, 5) is 14.4. The summed E-state index contributed by atoms with van der Waals surface area (Å²) in [5.41, 5.74) is 1.30. The van der Waals surface area contributed by atoms with Crippen molar-refractivity contribution >= 4 is 6.03 Å². The van der Waals surface area contributed by atoms with Crippen LogP contribution in [0.2, 0.25) is 0 Å². The first-order chi connectivity index (χ1) is 12.0. The highest BCUT2D eigenvalue weighted by Crippen LogP contribution is 2.34. The molecule has 25 heavy (non-hydrogen) atoms. The van der Waals surface area contributed by atoms with Gasteiger partial charge in [-0.3, -0.25) is 0 Å². The quantitative estimate of drug-likeness (QED) is 0.889. The van der Waals surface area contributed by atoms with E-state index in [1.165, 1.54) is 5.69 Å². The summed E-state index contributed by atoms with van der Waals surface area (Å²) in [7, 11) is 2.06. The van der Waals surface area contributed by atoms with Crippen LogP contribution in [0.25, 0.3) is 0 Å². The van der Waals surface area contributed by atoms with Crippen LogP contribution in [0.1, 0.15) is 38.8 Å². The molecule has 6 heteroatoms. The van der Waals surface area contributed by atoms with Gasteiger partial charge in [0.15, 0.2) is 5.79 Å². The number of carbonyl (C=O) groups excluding carboxylic acids is 1. The molecule has 1 unspecified atom stereocenters. The van der Waals surface area contributed by atoms with Crippen molar-refractivity contribution in [2.45, 2.75) is 51.4 Å². The van der Waals surface area contributed by atoms with Crippen molar-refractivity contribution in [2.24, 2.45) is 13.0 Å². The molecule has 0 spiro atoms. The molecule has 0 radical (unpaired) electrons. The summed E-state index contributed by atoms with van der Waals surface area (Å²) in [6, 6.07) is 4.41. The lowest BCUT2D eigenvalue weighted by Crippen LogP contribution is -2.50. The van der Waals surface area contributed by atoms with Crippen molar-refractivity contribution in [3.8, 4) is 0 Å². The molecule has 2 fully saturated rings. The number of nitrogens with one attached hydrogen (secondary N) is 1. The van der Waals surface area contributed by atoms with E-state index in [1.54, 1.807) is 0 Å². The second-order valence-corrected chi connectivity index (χ2v) is 7.47. The summed E-state index contributed by atoms with van der Waals surface area (Å²) in [6.45, 7) is 7.00. The summed E-state index contributed by atoms with van der Waals surface area (Å²) < 4.78 is 13.7. The van der Waals surface area contributed by atoms with Crippen molar-refractivity contribution in [3.63, 3.8) is 0 Å². The number of aryl methyl sites for hydroxylation is 2. The maximum Gasteiger partial charge on any atom is 0.317 e. The summed E-state index contributed by atoms with van der Waals surface area (Å²) in [5, 5.41) is 3.14. The monoisotopic (exact) mass is 349 g/mol. The van der Waals surface area contributed by atoms with Crippen LogP contribution in [0.5, 0.6) is 0 Å². The third-order valence-corrected chi connectivity index (χ3v) is 5.64. The first-order valence-corrected chi connectivity index (χ1v) is 9.41. The fourth-order valence-corrected chi connectivity index (χ4v) is 3.87. The third kappa shape index (κ3) is 4.36. The van der Waals surface area contributed by atoms with E-state index < -0.39 is 5.79 Å². The van der Waals surface area contributed by atoms with E-state index in [0.717, 1.165) is 38.8 Å². The van der Waals surface area contributed by atoms with E-state index in [1.807, 2.05) is 11.8 Å². The zero-order valence-corrected chi connectivity index (χ0v) is 15.7. The standard InChI is InChI=1S/C19H31N3O3/c1-15(6-7-17-5-4-10-21(17)3)20-18(23)22-11-8-16(9-12-22)19(2)24-13-14-25-19/h4-5,10,15-16H,6-9,11-14H2,1-3H3,(H,20,23). The van der Waals surface area contributed by atoms with Gasteiger partial charge in [0.25, 0.3) is 0 Å². The number of amides is 2. The molecule has 2 aliphatic heterocycles. The fourth-order valence-electron chi connectivity index (χ4n) is 3.87. The average molecular weight is 349 g/mol. The Labute approximate surface area is 150 Å². The minimum atomic E-state index is -0.453. The number of ether oxygens (including phenoxy) is 2. The molecule has 0 bridgehead atoms. The van der Waals surface area contributed by atoms with Gasteiger partial charge < -0.3 is 24.3 Å². The zero-order valence-electron chi connectivity index (χ0n) is 15.7. The van der Waals surface area contributed by atoms with Gasteiger partial charge in [-0.2, -0.15) is 0 Å². The Balaban J connectivity index is 1.41. The van der Waals surface area contributed by atoms with Crippen LogP contribution < -0.4 is 5.32 Å². The van der Waals surface area contributed by atoms with Crippen LogP contribution in [0.15, 0.2) is 18.3 Å². The van der Waals surface area contributed by atoms with Crippen molar-refractivity contribution in [1.82, 2.24) is 14.8 Å². The maximum absolute atomic E-state index is 12.5. The number of hydrogen-bond acceptors (Lipinski definition) is 3. The van der Waals surface area contributed by atoms with Crippen LogP contribution in [-0.4, -0.2) is 53.6 Å². The smallest absolute Gasteiger partial charge is 0.317 e. The highest BCUT2D eigenvalue weighted by Gasteiger charge is 2.41. The van der Waals surface area contributed by atoms with Gasteiger partial charge in [0.2, 0.25) is 0 Å². The van der Waals surface area contributed by atoms with E-state index >= 15 is 0 Å². The molecule has 3 heterocycles. The van der Waals surface area contributed by atoms with E-state index in [9.17, 15) is 4.79 Å². The first-order valence-electron chi connectivity index (χ1n) is 9.41. The molecule has 0 aliphatic carbocycles. The summed E-state index contributed by atoms with van der Waals surface area (Å²) in [5.74, 6) is -0.0842. The van der Waals surface area contributed by atoms with Gasteiger partial charge in [0, 0.05) is 44.0 Å². The van der Waals surface area contributed by atoms with Gasteiger partial charge in [0.05, 0.1) is 13.2 Å². The van der Waals surface area contributed by atoms with Gasteiger partial charge in [-0.1, -0.05) is 0 Å². The Morgan fingerprint density at radius 1 is 1.36 bits per heavy atom. The number of nitrogens with zero attached hydrogens (tertiary/aromatic N) is 2. The van der Waals surface area contributed by atoms with Gasteiger partial charge >= 0.3 is 6.03 Å². The molecule has 2 amide bonds.